The Hall–Kier alpha value is -4.46. The van der Waals surface area contributed by atoms with Gasteiger partial charge in [0.1, 0.15) is 5.75 Å². The molecule has 6 rings (SSSR count). The third-order valence-corrected chi connectivity index (χ3v) is 9.85. The van der Waals surface area contributed by atoms with Crippen LogP contribution in [-0.2, 0) is 31.9 Å². The summed E-state index contributed by atoms with van der Waals surface area (Å²) in [5.74, 6) is 0.465. The van der Waals surface area contributed by atoms with Crippen molar-refractivity contribution in [2.24, 2.45) is 11.8 Å². The van der Waals surface area contributed by atoms with Gasteiger partial charge in [0.15, 0.2) is 5.60 Å². The van der Waals surface area contributed by atoms with Gasteiger partial charge in [0, 0.05) is 35.4 Å². The highest BCUT2D eigenvalue weighted by Gasteiger charge is 2.65. The van der Waals surface area contributed by atoms with Gasteiger partial charge in [-0.25, -0.2) is 0 Å². The van der Waals surface area contributed by atoms with Gasteiger partial charge in [-0.05, 0) is 65.4 Å². The molecule has 1 spiro atoms. The molecule has 0 bridgehead atoms. The van der Waals surface area contributed by atoms with Crippen LogP contribution in [0, 0.1) is 11.8 Å². The van der Waals surface area contributed by atoms with E-state index in [1.54, 1.807) is 12.0 Å². The largest absolute Gasteiger partial charge is 0.497 e. The van der Waals surface area contributed by atoms with E-state index >= 15 is 0 Å². The summed E-state index contributed by atoms with van der Waals surface area (Å²) in [7, 11) is 1.65. The van der Waals surface area contributed by atoms with Crippen LogP contribution in [0.25, 0.3) is 0 Å². The molecule has 45 heavy (non-hydrogen) atoms. The Kier molecular flexibility index (Phi) is 8.25. The fourth-order valence-corrected chi connectivity index (χ4v) is 7.63. The molecule has 0 aromatic heterocycles. The maximum atomic E-state index is 14.7. The molecule has 7 nitrogen and oxygen atoms in total. The molecule has 232 valence electrons. The van der Waals surface area contributed by atoms with E-state index in [1.165, 1.54) is 0 Å². The van der Waals surface area contributed by atoms with Crippen LogP contribution in [0.1, 0.15) is 43.9 Å². The van der Waals surface area contributed by atoms with Gasteiger partial charge in [0.25, 0.3) is 5.91 Å². The number of carbonyl (C=O) groups is 2. The van der Waals surface area contributed by atoms with Gasteiger partial charge < -0.3 is 19.5 Å². The number of amides is 2. The third kappa shape index (κ3) is 5.10. The van der Waals surface area contributed by atoms with Gasteiger partial charge >= 0.3 is 0 Å². The first-order valence-electron chi connectivity index (χ1n) is 15.5. The van der Waals surface area contributed by atoms with Crippen molar-refractivity contribution >= 4 is 29.4 Å². The van der Waals surface area contributed by atoms with Gasteiger partial charge in [-0.3, -0.25) is 14.5 Å². The molecule has 2 aliphatic heterocycles. The summed E-state index contributed by atoms with van der Waals surface area (Å²) in [6, 6.07) is 33.2. The molecule has 4 atom stereocenters. The summed E-state index contributed by atoms with van der Waals surface area (Å²) in [6.07, 6.45) is 0.910. The Morgan fingerprint density at radius 3 is 2.22 bits per heavy atom. The number of methoxy groups -OCH3 is 1. The standard InChI is InChI=1S/C38H40N2O5/c1-26-35(37(2,3)28-16-20-31(44-4)21-17-28)34(22-23-41)45-38(26)32-12-8-9-13-33(32)39(36(38)43)24-27-14-18-30(19-15-27)40(25-42)29-10-6-5-7-11-29/h5-21,25-26,34-35,41H,22-24H2,1-4H3/t26-,34+,35-,38+/m0/s1. The molecule has 2 amide bonds. The van der Waals surface area contributed by atoms with Crippen LogP contribution in [0.3, 0.4) is 0 Å². The number of ether oxygens (including phenoxy) is 2. The van der Waals surface area contributed by atoms with Crippen molar-refractivity contribution in [3.8, 4) is 5.75 Å². The lowest BCUT2D eigenvalue weighted by Crippen LogP contribution is -2.45. The second-order valence-corrected chi connectivity index (χ2v) is 12.6. The van der Waals surface area contributed by atoms with Gasteiger partial charge in [-0.1, -0.05) is 81.4 Å². The Balaban J connectivity index is 1.33. The van der Waals surface area contributed by atoms with Crippen LogP contribution in [0.5, 0.6) is 5.75 Å². The van der Waals surface area contributed by atoms with Crippen molar-refractivity contribution in [1.82, 2.24) is 0 Å². The number of aliphatic hydroxyl groups is 1. The first kappa shape index (κ1) is 30.6. The average molecular weight is 605 g/mol. The zero-order chi connectivity index (χ0) is 31.8. The van der Waals surface area contributed by atoms with Crippen molar-refractivity contribution in [1.29, 1.82) is 0 Å². The number of para-hydroxylation sites is 2. The van der Waals surface area contributed by atoms with Gasteiger partial charge in [0.2, 0.25) is 6.41 Å². The number of rotatable bonds is 10. The fraction of sp³-hybridized carbons (Fsp3) is 0.316. The van der Waals surface area contributed by atoms with Crippen molar-refractivity contribution in [3.63, 3.8) is 0 Å². The highest BCUT2D eigenvalue weighted by atomic mass is 16.5. The number of carbonyl (C=O) groups excluding carboxylic acids is 2. The maximum absolute atomic E-state index is 14.7. The average Bonchev–Trinajstić information content (AvgIpc) is 3.49. The summed E-state index contributed by atoms with van der Waals surface area (Å²) < 4.78 is 12.3. The van der Waals surface area contributed by atoms with Gasteiger partial charge in [0.05, 0.1) is 25.4 Å². The molecule has 2 heterocycles. The summed E-state index contributed by atoms with van der Waals surface area (Å²) in [5.41, 5.74) is 3.75. The predicted octanol–water partition coefficient (Wildman–Crippen LogP) is 6.74. The van der Waals surface area contributed by atoms with Crippen LogP contribution >= 0.6 is 0 Å². The molecule has 0 radical (unpaired) electrons. The van der Waals surface area contributed by atoms with Crippen molar-refractivity contribution in [2.45, 2.75) is 50.9 Å². The van der Waals surface area contributed by atoms with Gasteiger partial charge in [-0.2, -0.15) is 0 Å². The number of hydrogen-bond donors (Lipinski definition) is 1. The minimum atomic E-state index is -1.17. The molecular formula is C38H40N2O5. The lowest BCUT2D eigenvalue weighted by molar-refractivity contribution is -0.146. The van der Waals surface area contributed by atoms with Crippen molar-refractivity contribution in [2.75, 3.05) is 23.5 Å². The van der Waals surface area contributed by atoms with Crippen LogP contribution in [0.15, 0.2) is 103 Å². The van der Waals surface area contributed by atoms with E-state index in [0.29, 0.717) is 13.0 Å². The van der Waals surface area contributed by atoms with Crippen LogP contribution < -0.4 is 14.5 Å². The predicted molar refractivity (Wildman–Crippen MR) is 176 cm³/mol. The lowest BCUT2D eigenvalue weighted by Gasteiger charge is -2.38. The molecule has 0 unspecified atom stereocenters. The molecule has 2 aliphatic rings. The second kappa shape index (κ2) is 12.1. The Morgan fingerprint density at radius 1 is 0.933 bits per heavy atom. The Bertz CT molecular complexity index is 1650. The molecule has 4 aromatic rings. The summed E-state index contributed by atoms with van der Waals surface area (Å²) in [5, 5.41) is 10.1. The fourth-order valence-electron chi connectivity index (χ4n) is 7.63. The summed E-state index contributed by atoms with van der Waals surface area (Å²) in [4.78, 5) is 30.1. The maximum Gasteiger partial charge on any atom is 0.264 e. The minimum Gasteiger partial charge on any atom is -0.497 e. The number of fused-ring (bicyclic) bond motifs is 2. The third-order valence-electron chi connectivity index (χ3n) is 9.85. The van der Waals surface area contributed by atoms with Crippen LogP contribution in [0.2, 0.25) is 0 Å². The number of benzene rings is 4. The highest BCUT2D eigenvalue weighted by molar-refractivity contribution is 6.07. The van der Waals surface area contributed by atoms with Crippen molar-refractivity contribution < 1.29 is 24.2 Å². The van der Waals surface area contributed by atoms with Crippen molar-refractivity contribution in [3.05, 3.63) is 120 Å². The van der Waals surface area contributed by atoms with E-state index < -0.39 is 5.60 Å². The van der Waals surface area contributed by atoms with E-state index in [-0.39, 0.29) is 35.9 Å². The molecule has 0 saturated carbocycles. The summed E-state index contributed by atoms with van der Waals surface area (Å²) >= 11 is 0. The SMILES string of the molecule is COc1ccc(C(C)(C)[C@@H]2[C@@H](CCO)O[C@]3(C(=O)N(Cc4ccc(N(C=O)c5ccccc5)cc4)c4ccccc43)[C@H]2C)cc1. The first-order chi connectivity index (χ1) is 21.8. The molecule has 4 aromatic carbocycles. The second-order valence-electron chi connectivity index (χ2n) is 12.6. The van der Waals surface area contributed by atoms with E-state index in [9.17, 15) is 14.7 Å². The lowest BCUT2D eigenvalue weighted by atomic mass is 9.63. The molecular weight excluding hydrogens is 564 g/mol. The normalized spacial score (nSPS) is 22.5. The number of anilines is 3. The number of aliphatic hydroxyl groups excluding tert-OH is 1. The van der Waals surface area contributed by atoms with Crippen LogP contribution in [-0.4, -0.2) is 37.2 Å². The van der Waals surface area contributed by atoms with E-state index in [4.69, 9.17) is 9.47 Å². The topological polar surface area (TPSA) is 79.3 Å². The van der Waals surface area contributed by atoms with Crippen LogP contribution in [0.4, 0.5) is 17.1 Å². The summed E-state index contributed by atoms with van der Waals surface area (Å²) in [6.45, 7) is 6.85. The molecule has 7 heteroatoms. The van der Waals surface area contributed by atoms with E-state index in [1.807, 2.05) is 95.9 Å². The smallest absolute Gasteiger partial charge is 0.264 e. The molecule has 1 fully saturated rings. The van der Waals surface area contributed by atoms with E-state index in [2.05, 4.69) is 32.9 Å². The molecule has 0 aliphatic carbocycles. The Morgan fingerprint density at radius 2 is 1.58 bits per heavy atom. The Labute approximate surface area is 265 Å². The first-order valence-corrected chi connectivity index (χ1v) is 15.5. The number of nitrogens with zero attached hydrogens (tertiary/aromatic N) is 2. The zero-order valence-corrected chi connectivity index (χ0v) is 26.2. The van der Waals surface area contributed by atoms with Gasteiger partial charge in [-0.15, -0.1) is 0 Å². The van der Waals surface area contributed by atoms with E-state index in [0.717, 1.165) is 45.9 Å². The molecule has 1 N–H and O–H groups in total. The quantitative estimate of drug-likeness (QED) is 0.203. The zero-order valence-electron chi connectivity index (χ0n) is 26.2. The molecule has 1 saturated heterocycles. The minimum absolute atomic E-state index is 0.0324. The highest BCUT2D eigenvalue weighted by Crippen LogP contribution is 2.59. The number of hydrogen-bond acceptors (Lipinski definition) is 5. The monoisotopic (exact) mass is 604 g/mol.